The fourth-order valence-electron chi connectivity index (χ4n) is 2.39. The molecule has 8 heteroatoms. The van der Waals surface area contributed by atoms with E-state index in [9.17, 15) is 14.4 Å². The number of nitrogens with zero attached hydrogens (tertiary/aromatic N) is 2. The Hall–Kier alpha value is -2.75. The lowest BCUT2D eigenvalue weighted by atomic mass is 10.1. The van der Waals surface area contributed by atoms with E-state index in [2.05, 4.69) is 32.9 Å². The van der Waals surface area contributed by atoms with E-state index in [0.717, 1.165) is 8.47 Å². The molecule has 26 heavy (non-hydrogen) atoms. The molecule has 1 fully saturated rings. The van der Waals surface area contributed by atoms with Crippen LogP contribution in [0.2, 0.25) is 0 Å². The molecule has 7 nitrogen and oxygen atoms in total. The van der Waals surface area contributed by atoms with Crippen molar-refractivity contribution < 1.29 is 19.1 Å². The predicted octanol–water partition coefficient (Wildman–Crippen LogP) is 2.90. The van der Waals surface area contributed by atoms with Crippen LogP contribution >= 0.6 is 22.6 Å². The molecule has 2 aromatic carbocycles. The molecule has 0 aliphatic carbocycles. The number of hydrogen-bond donors (Lipinski definition) is 1. The maximum absolute atomic E-state index is 12.7. The number of imide groups is 2. The van der Waals surface area contributed by atoms with Crippen LogP contribution in [0.5, 0.6) is 5.75 Å². The van der Waals surface area contributed by atoms with E-state index in [1.54, 1.807) is 36.4 Å². The minimum Gasteiger partial charge on any atom is -0.497 e. The van der Waals surface area contributed by atoms with Gasteiger partial charge in [0.15, 0.2) is 5.92 Å². The molecule has 0 aromatic heterocycles. The molecule has 1 N–H and O–H groups in total. The number of carbonyl (C=O) groups excluding carboxylic acids is 3. The van der Waals surface area contributed by atoms with Crippen molar-refractivity contribution in [3.05, 3.63) is 52.1 Å². The van der Waals surface area contributed by atoms with Crippen LogP contribution in [0, 0.1) is 9.49 Å². The molecule has 132 valence electrons. The zero-order chi connectivity index (χ0) is 18.7. The molecule has 1 atom stereocenters. The van der Waals surface area contributed by atoms with Gasteiger partial charge in [-0.1, -0.05) is 0 Å². The van der Waals surface area contributed by atoms with Gasteiger partial charge in [0.25, 0.3) is 5.91 Å². The van der Waals surface area contributed by atoms with Gasteiger partial charge in [0.2, 0.25) is 5.91 Å². The Labute approximate surface area is 163 Å². The number of halogens is 1. The summed E-state index contributed by atoms with van der Waals surface area (Å²) < 4.78 is 6.11. The predicted molar refractivity (Wildman–Crippen MR) is 105 cm³/mol. The Bertz CT molecular complexity index is 878. The summed E-state index contributed by atoms with van der Waals surface area (Å²) in [6, 6.07) is 12.9. The van der Waals surface area contributed by atoms with Gasteiger partial charge in [-0.2, -0.15) is 0 Å². The van der Waals surface area contributed by atoms with Crippen LogP contribution in [-0.4, -0.2) is 31.2 Å². The number of benzene rings is 2. The van der Waals surface area contributed by atoms with Gasteiger partial charge in [-0.3, -0.25) is 19.9 Å². The Morgan fingerprint density at radius 1 is 1.08 bits per heavy atom. The van der Waals surface area contributed by atoms with Gasteiger partial charge in [-0.25, -0.2) is 9.69 Å². The van der Waals surface area contributed by atoms with Crippen molar-refractivity contribution in [3.63, 3.8) is 0 Å². The highest BCUT2D eigenvalue weighted by Gasteiger charge is 2.40. The van der Waals surface area contributed by atoms with Crippen molar-refractivity contribution in [2.75, 3.05) is 12.0 Å². The van der Waals surface area contributed by atoms with E-state index in [1.165, 1.54) is 13.3 Å². The highest BCUT2D eigenvalue weighted by molar-refractivity contribution is 14.1. The maximum atomic E-state index is 12.7. The highest BCUT2D eigenvalue weighted by Crippen LogP contribution is 2.23. The third-order valence-corrected chi connectivity index (χ3v) is 4.45. The van der Waals surface area contributed by atoms with Gasteiger partial charge in [0.05, 0.1) is 18.5 Å². The summed E-state index contributed by atoms with van der Waals surface area (Å²) in [6.45, 7) is 0. The first kappa shape index (κ1) is 18.1. The second kappa shape index (κ2) is 7.65. The van der Waals surface area contributed by atoms with Crippen molar-refractivity contribution in [1.29, 1.82) is 0 Å². The lowest BCUT2D eigenvalue weighted by Crippen LogP contribution is -2.58. The van der Waals surface area contributed by atoms with E-state index < -0.39 is 23.8 Å². The van der Waals surface area contributed by atoms with Crippen molar-refractivity contribution in [3.8, 4) is 5.75 Å². The molecule has 0 unspecified atom stereocenters. The first-order valence-electron chi connectivity index (χ1n) is 7.62. The van der Waals surface area contributed by atoms with Gasteiger partial charge >= 0.3 is 6.03 Å². The zero-order valence-corrected chi connectivity index (χ0v) is 15.8. The van der Waals surface area contributed by atoms with E-state index >= 15 is 0 Å². The Morgan fingerprint density at radius 3 is 2.35 bits per heavy atom. The van der Waals surface area contributed by atoms with Crippen molar-refractivity contribution in [2.24, 2.45) is 10.9 Å². The molecule has 0 bridgehead atoms. The average Bonchev–Trinajstić information content (AvgIpc) is 2.63. The minimum absolute atomic E-state index is 0.341. The molecule has 2 aromatic rings. The van der Waals surface area contributed by atoms with Crippen molar-refractivity contribution >= 4 is 58.0 Å². The summed E-state index contributed by atoms with van der Waals surface area (Å²) in [6.07, 6.45) is 1.25. The van der Waals surface area contributed by atoms with E-state index in [4.69, 9.17) is 4.74 Å². The number of rotatable bonds is 4. The Balaban J connectivity index is 1.86. The zero-order valence-electron chi connectivity index (χ0n) is 13.7. The molecule has 0 saturated carbocycles. The number of urea groups is 1. The minimum atomic E-state index is -1.19. The van der Waals surface area contributed by atoms with Crippen LogP contribution in [0.1, 0.15) is 0 Å². The average molecular weight is 463 g/mol. The largest absolute Gasteiger partial charge is 0.497 e. The smallest absolute Gasteiger partial charge is 0.335 e. The molecule has 1 aliphatic heterocycles. The second-order valence-electron chi connectivity index (χ2n) is 5.40. The molecular formula is C18H14IN3O4. The number of anilines is 1. The number of ether oxygens (including phenoxy) is 1. The molecule has 1 saturated heterocycles. The molecular weight excluding hydrogens is 449 g/mol. The number of amides is 4. The molecule has 4 amide bonds. The normalized spacial score (nSPS) is 17.5. The van der Waals surface area contributed by atoms with Crippen LogP contribution in [0.25, 0.3) is 0 Å². The lowest BCUT2D eigenvalue weighted by Gasteiger charge is -2.28. The van der Waals surface area contributed by atoms with Crippen molar-refractivity contribution in [2.45, 2.75) is 0 Å². The Morgan fingerprint density at radius 2 is 1.73 bits per heavy atom. The lowest BCUT2D eigenvalue weighted by molar-refractivity contribution is -0.131. The SMILES string of the molecule is COc1ccc(N2C(=O)NC(=O)[C@@H](C=Nc3ccc(I)cc3)C2=O)cc1. The van der Waals surface area contributed by atoms with E-state index in [-0.39, 0.29) is 0 Å². The number of hydrogen-bond acceptors (Lipinski definition) is 5. The fourth-order valence-corrected chi connectivity index (χ4v) is 2.74. The van der Waals surface area contributed by atoms with E-state index in [0.29, 0.717) is 17.1 Å². The standard InChI is InChI=1S/C18H14IN3O4/c1-26-14-8-6-13(7-9-14)22-17(24)15(16(23)21-18(22)25)10-20-12-4-2-11(19)3-5-12/h2-10,15H,1H3,(H,21,23,25)/t15-/m1/s1. The summed E-state index contributed by atoms with van der Waals surface area (Å²) in [7, 11) is 1.52. The number of barbiturate groups is 1. The number of carbonyl (C=O) groups is 3. The highest BCUT2D eigenvalue weighted by atomic mass is 127. The summed E-state index contributed by atoms with van der Waals surface area (Å²) >= 11 is 2.17. The van der Waals surface area contributed by atoms with E-state index in [1.807, 2.05) is 12.1 Å². The number of methoxy groups -OCH3 is 1. The third kappa shape index (κ3) is 3.74. The fraction of sp³-hybridized carbons (Fsp3) is 0.111. The van der Waals surface area contributed by atoms with Crippen molar-refractivity contribution in [1.82, 2.24) is 5.32 Å². The molecule has 1 heterocycles. The van der Waals surface area contributed by atoms with Gasteiger partial charge in [-0.05, 0) is 71.1 Å². The first-order chi connectivity index (χ1) is 12.5. The molecule has 3 rings (SSSR count). The van der Waals surface area contributed by atoms with Crippen LogP contribution in [0.3, 0.4) is 0 Å². The quantitative estimate of drug-likeness (QED) is 0.429. The first-order valence-corrected chi connectivity index (χ1v) is 8.70. The molecule has 1 aliphatic rings. The third-order valence-electron chi connectivity index (χ3n) is 3.73. The van der Waals surface area contributed by atoms with Gasteiger partial charge < -0.3 is 4.74 Å². The maximum Gasteiger partial charge on any atom is 0.335 e. The summed E-state index contributed by atoms with van der Waals surface area (Å²) in [5.41, 5.74) is 0.951. The van der Waals surface area contributed by atoms with Crippen LogP contribution in [0.4, 0.5) is 16.2 Å². The number of aliphatic imine (C=N–C) groups is 1. The van der Waals surface area contributed by atoms with Crippen LogP contribution in [0.15, 0.2) is 53.5 Å². The summed E-state index contributed by atoms with van der Waals surface area (Å²) in [5, 5.41) is 2.19. The van der Waals surface area contributed by atoms with Crippen LogP contribution < -0.4 is 15.0 Å². The topological polar surface area (TPSA) is 88.1 Å². The summed E-state index contributed by atoms with van der Waals surface area (Å²) in [5.74, 6) is -1.95. The van der Waals surface area contributed by atoms with Crippen LogP contribution in [-0.2, 0) is 9.59 Å². The summed E-state index contributed by atoms with van der Waals surface area (Å²) in [4.78, 5) is 42.0. The molecule has 0 radical (unpaired) electrons. The second-order valence-corrected chi connectivity index (χ2v) is 6.64. The van der Waals surface area contributed by atoms with Gasteiger partial charge in [-0.15, -0.1) is 0 Å². The number of nitrogens with one attached hydrogen (secondary N) is 1. The van der Waals surface area contributed by atoms with Gasteiger partial charge in [0, 0.05) is 9.78 Å². The monoisotopic (exact) mass is 463 g/mol. The molecule has 0 spiro atoms. The Kier molecular flexibility index (Phi) is 5.31. The van der Waals surface area contributed by atoms with Gasteiger partial charge in [0.1, 0.15) is 5.75 Å².